The van der Waals surface area contributed by atoms with E-state index in [2.05, 4.69) is 44.3 Å². The van der Waals surface area contributed by atoms with Crippen LogP contribution >= 0.6 is 11.8 Å². The third-order valence-corrected chi connectivity index (χ3v) is 5.34. The number of nitrogens with one attached hydrogen (secondary N) is 1. The van der Waals surface area contributed by atoms with Gasteiger partial charge in [-0.3, -0.25) is 0 Å². The first-order valence-corrected chi connectivity index (χ1v) is 8.76. The van der Waals surface area contributed by atoms with Gasteiger partial charge in [0.25, 0.3) is 0 Å². The zero-order valence-corrected chi connectivity index (χ0v) is 13.7. The van der Waals surface area contributed by atoms with E-state index in [4.69, 9.17) is 0 Å². The zero-order valence-electron chi connectivity index (χ0n) is 12.9. The van der Waals surface area contributed by atoms with Gasteiger partial charge in [0.1, 0.15) is 0 Å². The van der Waals surface area contributed by atoms with Crippen LogP contribution in [0.2, 0.25) is 0 Å². The Balaban J connectivity index is 1.92. The molecule has 2 N–H and O–H groups in total. The van der Waals surface area contributed by atoms with Crippen molar-refractivity contribution in [1.29, 1.82) is 0 Å². The Bertz CT molecular complexity index is 424. The highest BCUT2D eigenvalue weighted by atomic mass is 32.2. The molecule has 1 fully saturated rings. The molecule has 0 amide bonds. The molecule has 1 aromatic carbocycles. The van der Waals surface area contributed by atoms with Gasteiger partial charge in [-0.25, -0.2) is 0 Å². The van der Waals surface area contributed by atoms with Crippen LogP contribution in [0.1, 0.15) is 36.5 Å². The minimum Gasteiger partial charge on any atom is -0.394 e. The summed E-state index contributed by atoms with van der Waals surface area (Å²) >= 11 is 1.94. The van der Waals surface area contributed by atoms with Crippen LogP contribution in [-0.4, -0.2) is 29.5 Å². The van der Waals surface area contributed by atoms with Crippen molar-refractivity contribution in [2.45, 2.75) is 44.9 Å². The summed E-state index contributed by atoms with van der Waals surface area (Å²) in [6.07, 6.45) is 2.52. The molecule has 1 unspecified atom stereocenters. The molecule has 1 aromatic rings. The van der Waals surface area contributed by atoms with Crippen LogP contribution in [0.5, 0.6) is 0 Å². The highest BCUT2D eigenvalue weighted by Gasteiger charge is 2.43. The summed E-state index contributed by atoms with van der Waals surface area (Å²) < 4.78 is 0. The molecule has 112 valence electrons. The molecule has 1 aliphatic carbocycles. The normalized spacial score (nSPS) is 18.0. The molecular weight excluding hydrogens is 266 g/mol. The first-order chi connectivity index (χ1) is 9.59. The lowest BCUT2D eigenvalue weighted by Gasteiger charge is -2.33. The zero-order chi connectivity index (χ0) is 14.6. The number of hydrogen-bond acceptors (Lipinski definition) is 3. The van der Waals surface area contributed by atoms with Crippen molar-refractivity contribution < 1.29 is 5.11 Å². The molecule has 0 radical (unpaired) electrons. The van der Waals surface area contributed by atoms with Crippen molar-refractivity contribution in [2.75, 3.05) is 18.9 Å². The summed E-state index contributed by atoms with van der Waals surface area (Å²) in [4.78, 5) is 0. The predicted molar refractivity (Wildman–Crippen MR) is 88.3 cm³/mol. The molecule has 20 heavy (non-hydrogen) atoms. The first kappa shape index (κ1) is 15.9. The fourth-order valence-electron chi connectivity index (χ4n) is 3.04. The number of aliphatic hydroxyl groups is 1. The summed E-state index contributed by atoms with van der Waals surface area (Å²) in [7, 11) is 0. The van der Waals surface area contributed by atoms with Crippen molar-refractivity contribution in [1.82, 2.24) is 5.32 Å². The van der Waals surface area contributed by atoms with Crippen molar-refractivity contribution in [2.24, 2.45) is 5.92 Å². The number of aliphatic hydroxyl groups excluding tert-OH is 1. The van der Waals surface area contributed by atoms with Crippen molar-refractivity contribution in [3.8, 4) is 0 Å². The molecule has 0 bridgehead atoms. The molecule has 2 nitrogen and oxygen atoms in total. The average Bonchev–Trinajstić information content (AvgIpc) is 3.21. The Morgan fingerprint density at radius 1 is 1.25 bits per heavy atom. The smallest absolute Gasteiger partial charge is 0.0624 e. The van der Waals surface area contributed by atoms with Gasteiger partial charge in [-0.2, -0.15) is 11.8 Å². The number of likely N-dealkylation sites (N-methyl/N-ethyl adjacent to an activating group) is 1. The van der Waals surface area contributed by atoms with E-state index in [-0.39, 0.29) is 12.1 Å². The monoisotopic (exact) mass is 293 g/mol. The van der Waals surface area contributed by atoms with E-state index in [0.29, 0.717) is 5.92 Å². The molecule has 0 spiro atoms. The standard InChI is InChI=1S/C17H27NOS/c1-4-18-17(11-19,16-5-6-16)12-20-10-15-8-13(2)7-14(3)9-15/h7-9,16,18-19H,4-6,10-12H2,1-3H3. The molecule has 0 heterocycles. The van der Waals surface area contributed by atoms with E-state index in [0.717, 1.165) is 18.1 Å². The highest BCUT2D eigenvalue weighted by molar-refractivity contribution is 7.98. The van der Waals surface area contributed by atoms with Gasteiger partial charge >= 0.3 is 0 Å². The Hall–Kier alpha value is -0.510. The van der Waals surface area contributed by atoms with Gasteiger partial charge in [0, 0.05) is 11.5 Å². The Labute approximate surface area is 127 Å². The Morgan fingerprint density at radius 3 is 2.40 bits per heavy atom. The molecule has 0 aliphatic heterocycles. The second-order valence-corrected chi connectivity index (χ2v) is 7.09. The maximum Gasteiger partial charge on any atom is 0.0624 e. The molecule has 0 saturated heterocycles. The van der Waals surface area contributed by atoms with Crippen LogP contribution in [0.4, 0.5) is 0 Å². The minimum atomic E-state index is -0.0573. The lowest BCUT2D eigenvalue weighted by molar-refractivity contribution is 0.161. The van der Waals surface area contributed by atoms with E-state index in [1.54, 1.807) is 0 Å². The third-order valence-electron chi connectivity index (χ3n) is 4.08. The second-order valence-electron chi connectivity index (χ2n) is 6.11. The number of aryl methyl sites for hydroxylation is 2. The Kier molecular flexibility index (Phi) is 5.53. The SMILES string of the molecule is CCNC(CO)(CSCc1cc(C)cc(C)c1)C1CC1. The topological polar surface area (TPSA) is 32.3 Å². The van der Waals surface area contributed by atoms with Gasteiger partial charge in [-0.05, 0) is 44.7 Å². The predicted octanol–water partition coefficient (Wildman–Crippen LogP) is 3.29. The molecule has 1 saturated carbocycles. The molecule has 1 atom stereocenters. The largest absolute Gasteiger partial charge is 0.394 e. The molecule has 3 heteroatoms. The van der Waals surface area contributed by atoms with Crippen LogP contribution in [-0.2, 0) is 5.75 Å². The minimum absolute atomic E-state index is 0.0573. The summed E-state index contributed by atoms with van der Waals surface area (Å²) in [5.41, 5.74) is 4.01. The van der Waals surface area contributed by atoms with E-state index < -0.39 is 0 Å². The molecule has 1 aliphatic rings. The van der Waals surface area contributed by atoms with Crippen molar-refractivity contribution in [3.63, 3.8) is 0 Å². The maximum atomic E-state index is 9.83. The van der Waals surface area contributed by atoms with Gasteiger partial charge in [0.15, 0.2) is 0 Å². The first-order valence-electron chi connectivity index (χ1n) is 7.60. The molecular formula is C17H27NOS. The van der Waals surface area contributed by atoms with Gasteiger partial charge in [-0.1, -0.05) is 36.2 Å². The van der Waals surface area contributed by atoms with Gasteiger partial charge < -0.3 is 10.4 Å². The van der Waals surface area contributed by atoms with Crippen LogP contribution in [0.15, 0.2) is 18.2 Å². The van der Waals surface area contributed by atoms with E-state index in [1.165, 1.54) is 29.5 Å². The van der Waals surface area contributed by atoms with Crippen LogP contribution < -0.4 is 5.32 Å². The number of rotatable bonds is 8. The van der Waals surface area contributed by atoms with Crippen LogP contribution in [0.25, 0.3) is 0 Å². The van der Waals surface area contributed by atoms with Crippen LogP contribution in [0, 0.1) is 19.8 Å². The van der Waals surface area contributed by atoms with E-state index >= 15 is 0 Å². The van der Waals surface area contributed by atoms with E-state index in [9.17, 15) is 5.11 Å². The van der Waals surface area contributed by atoms with Gasteiger partial charge in [0.2, 0.25) is 0 Å². The molecule has 2 rings (SSSR count). The number of thioether (sulfide) groups is 1. The van der Waals surface area contributed by atoms with Crippen molar-refractivity contribution in [3.05, 3.63) is 34.9 Å². The fraction of sp³-hybridized carbons (Fsp3) is 0.647. The third kappa shape index (κ3) is 4.00. The van der Waals surface area contributed by atoms with E-state index in [1.807, 2.05) is 11.8 Å². The van der Waals surface area contributed by atoms with Crippen molar-refractivity contribution >= 4 is 11.8 Å². The maximum absolute atomic E-state index is 9.83. The molecule has 0 aromatic heterocycles. The number of benzene rings is 1. The lowest BCUT2D eigenvalue weighted by atomic mass is 9.97. The lowest BCUT2D eigenvalue weighted by Crippen LogP contribution is -2.52. The number of hydrogen-bond donors (Lipinski definition) is 2. The van der Waals surface area contributed by atoms with Gasteiger partial charge in [0.05, 0.1) is 12.1 Å². The second kappa shape index (κ2) is 6.97. The summed E-state index contributed by atoms with van der Waals surface area (Å²) in [5.74, 6) is 2.69. The fourth-order valence-corrected chi connectivity index (χ4v) is 4.33. The summed E-state index contributed by atoms with van der Waals surface area (Å²) in [6, 6.07) is 6.75. The quantitative estimate of drug-likeness (QED) is 0.771. The van der Waals surface area contributed by atoms with Gasteiger partial charge in [-0.15, -0.1) is 0 Å². The highest BCUT2D eigenvalue weighted by Crippen LogP contribution is 2.41. The average molecular weight is 293 g/mol. The Morgan fingerprint density at radius 2 is 1.90 bits per heavy atom. The summed E-state index contributed by atoms with van der Waals surface area (Å²) in [5, 5.41) is 13.4. The van der Waals surface area contributed by atoms with Crippen LogP contribution in [0.3, 0.4) is 0 Å². The summed E-state index contributed by atoms with van der Waals surface area (Å²) in [6.45, 7) is 7.62.